The Bertz CT molecular complexity index is 462. The van der Waals surface area contributed by atoms with Crippen LogP contribution in [0.4, 0.5) is 0 Å². The molecule has 98 valence electrons. The molecule has 1 unspecified atom stereocenters. The van der Waals surface area contributed by atoms with Gasteiger partial charge in [0.2, 0.25) is 0 Å². The highest BCUT2D eigenvalue weighted by molar-refractivity contribution is 7.14. The number of hydrogen-bond acceptors (Lipinski definition) is 3. The Morgan fingerprint density at radius 2 is 2.33 bits per heavy atom. The summed E-state index contributed by atoms with van der Waals surface area (Å²) in [5, 5.41) is 9.25. The molecule has 18 heavy (non-hydrogen) atoms. The molecule has 1 atom stereocenters. The van der Waals surface area contributed by atoms with Crippen LogP contribution in [0, 0.1) is 5.92 Å². The van der Waals surface area contributed by atoms with E-state index in [0.717, 1.165) is 23.6 Å². The summed E-state index contributed by atoms with van der Waals surface area (Å²) in [5.74, 6) is 0.897. The Labute approximate surface area is 111 Å². The highest BCUT2D eigenvalue weighted by Crippen LogP contribution is 2.34. The van der Waals surface area contributed by atoms with Crippen LogP contribution in [0.5, 0.6) is 0 Å². The van der Waals surface area contributed by atoms with Crippen LogP contribution in [0.2, 0.25) is 0 Å². The summed E-state index contributed by atoms with van der Waals surface area (Å²) in [7, 11) is 0. The van der Waals surface area contributed by atoms with Gasteiger partial charge in [-0.3, -0.25) is 4.79 Å². The first-order chi connectivity index (χ1) is 8.67. The molecule has 0 radical (unpaired) electrons. The fourth-order valence-corrected chi connectivity index (χ4v) is 4.01. The number of amides is 1. The Balaban J connectivity index is 1.75. The standard InChI is InChI=1S/C14H19NO2S/c1-2-9-3-4-12-10(5-9)6-13(18-12)14(17)15-7-11(16)8-15/h6,9,11,16H,2-5,7-8H2,1H3. The molecule has 1 aromatic heterocycles. The van der Waals surface area contributed by atoms with Crippen molar-refractivity contribution < 1.29 is 9.90 Å². The number of carbonyl (C=O) groups excluding carboxylic acids is 1. The minimum absolute atomic E-state index is 0.104. The van der Waals surface area contributed by atoms with Crippen molar-refractivity contribution in [2.45, 2.75) is 38.7 Å². The van der Waals surface area contributed by atoms with E-state index in [-0.39, 0.29) is 12.0 Å². The van der Waals surface area contributed by atoms with Crippen molar-refractivity contribution in [3.05, 3.63) is 21.4 Å². The number of likely N-dealkylation sites (tertiary alicyclic amines) is 1. The molecule has 0 spiro atoms. The van der Waals surface area contributed by atoms with E-state index in [1.54, 1.807) is 16.2 Å². The molecule has 0 aromatic carbocycles. The molecule has 2 aliphatic rings. The van der Waals surface area contributed by atoms with E-state index >= 15 is 0 Å². The number of thiophene rings is 1. The molecule has 3 nitrogen and oxygen atoms in total. The normalized spacial score (nSPS) is 23.7. The van der Waals surface area contributed by atoms with E-state index in [4.69, 9.17) is 0 Å². The topological polar surface area (TPSA) is 40.5 Å². The first-order valence-corrected chi connectivity index (χ1v) is 7.58. The van der Waals surface area contributed by atoms with Gasteiger partial charge in [0, 0.05) is 18.0 Å². The summed E-state index contributed by atoms with van der Waals surface area (Å²) < 4.78 is 0. The summed E-state index contributed by atoms with van der Waals surface area (Å²) in [6, 6.07) is 2.09. The van der Waals surface area contributed by atoms with E-state index in [9.17, 15) is 9.90 Å². The number of carbonyl (C=O) groups is 1. The molecule has 1 aromatic rings. The van der Waals surface area contributed by atoms with Gasteiger partial charge < -0.3 is 10.0 Å². The molecule has 1 fully saturated rings. The summed E-state index contributed by atoms with van der Waals surface area (Å²) in [4.78, 5) is 16.2. The number of aryl methyl sites for hydroxylation is 1. The monoisotopic (exact) mass is 265 g/mol. The minimum Gasteiger partial charge on any atom is -0.389 e. The average molecular weight is 265 g/mol. The lowest BCUT2D eigenvalue weighted by Gasteiger charge is -2.35. The number of rotatable bonds is 2. The first-order valence-electron chi connectivity index (χ1n) is 6.76. The van der Waals surface area contributed by atoms with Gasteiger partial charge in [0.15, 0.2) is 0 Å². The van der Waals surface area contributed by atoms with Gasteiger partial charge in [-0.1, -0.05) is 13.3 Å². The second kappa shape index (κ2) is 4.67. The summed E-state index contributed by atoms with van der Waals surface area (Å²) >= 11 is 1.66. The SMILES string of the molecule is CCC1CCc2sc(C(=O)N3CC(O)C3)cc2C1. The fraction of sp³-hybridized carbons (Fsp3) is 0.643. The van der Waals surface area contributed by atoms with Crippen molar-refractivity contribution in [1.29, 1.82) is 0 Å². The van der Waals surface area contributed by atoms with Gasteiger partial charge in [-0.25, -0.2) is 0 Å². The van der Waals surface area contributed by atoms with E-state index in [1.165, 1.54) is 23.3 Å². The van der Waals surface area contributed by atoms with E-state index < -0.39 is 0 Å². The Hall–Kier alpha value is -0.870. The lowest BCUT2D eigenvalue weighted by atomic mass is 9.87. The third-order valence-electron chi connectivity index (χ3n) is 4.12. The highest BCUT2D eigenvalue weighted by atomic mass is 32.1. The molecule has 3 rings (SSSR count). The van der Waals surface area contributed by atoms with Gasteiger partial charge in [0.25, 0.3) is 5.91 Å². The average Bonchev–Trinajstić information content (AvgIpc) is 2.76. The zero-order valence-electron chi connectivity index (χ0n) is 10.7. The lowest BCUT2D eigenvalue weighted by molar-refractivity contribution is 0.00622. The summed E-state index contributed by atoms with van der Waals surface area (Å²) in [6.07, 6.45) is 4.46. The summed E-state index contributed by atoms with van der Waals surface area (Å²) in [5.41, 5.74) is 1.39. The highest BCUT2D eigenvalue weighted by Gasteiger charge is 2.31. The number of β-amino-alcohol motifs (C(OH)–C–C–N with tert-alkyl or cyclic N) is 1. The zero-order chi connectivity index (χ0) is 12.7. The van der Waals surface area contributed by atoms with Gasteiger partial charge in [0.1, 0.15) is 0 Å². The molecule has 0 saturated carbocycles. The second-order valence-corrected chi connectivity index (χ2v) is 6.58. The van der Waals surface area contributed by atoms with Gasteiger partial charge in [-0.2, -0.15) is 0 Å². The van der Waals surface area contributed by atoms with Crippen molar-refractivity contribution in [3.8, 4) is 0 Å². The zero-order valence-corrected chi connectivity index (χ0v) is 11.5. The summed E-state index contributed by atoms with van der Waals surface area (Å²) in [6.45, 7) is 3.24. The number of aliphatic hydroxyl groups is 1. The molecule has 1 aliphatic carbocycles. The predicted molar refractivity (Wildman–Crippen MR) is 72.0 cm³/mol. The molecule has 0 bridgehead atoms. The van der Waals surface area contributed by atoms with Crippen LogP contribution in [-0.2, 0) is 12.8 Å². The maximum Gasteiger partial charge on any atom is 0.264 e. The third kappa shape index (κ3) is 2.08. The van der Waals surface area contributed by atoms with Crippen molar-refractivity contribution in [2.75, 3.05) is 13.1 Å². The van der Waals surface area contributed by atoms with Crippen LogP contribution < -0.4 is 0 Å². The minimum atomic E-state index is -0.312. The Kier molecular flexibility index (Phi) is 3.16. The molecular weight excluding hydrogens is 246 g/mol. The van der Waals surface area contributed by atoms with E-state index in [2.05, 4.69) is 13.0 Å². The third-order valence-corrected chi connectivity index (χ3v) is 5.35. The Morgan fingerprint density at radius 3 is 3.00 bits per heavy atom. The largest absolute Gasteiger partial charge is 0.389 e. The van der Waals surface area contributed by atoms with Crippen LogP contribution in [-0.4, -0.2) is 35.1 Å². The number of aliphatic hydroxyl groups excluding tert-OH is 1. The number of fused-ring (bicyclic) bond motifs is 1. The van der Waals surface area contributed by atoms with E-state index in [1.807, 2.05) is 0 Å². The van der Waals surface area contributed by atoms with Crippen molar-refractivity contribution in [3.63, 3.8) is 0 Å². The molecule has 4 heteroatoms. The van der Waals surface area contributed by atoms with Crippen LogP contribution in [0.25, 0.3) is 0 Å². The predicted octanol–water partition coefficient (Wildman–Crippen LogP) is 2.08. The molecule has 1 saturated heterocycles. The maximum atomic E-state index is 12.2. The van der Waals surface area contributed by atoms with Crippen LogP contribution in [0.1, 0.15) is 39.9 Å². The quantitative estimate of drug-likeness (QED) is 0.889. The first kappa shape index (κ1) is 12.2. The van der Waals surface area contributed by atoms with Crippen LogP contribution in [0.3, 0.4) is 0 Å². The van der Waals surface area contributed by atoms with Gasteiger partial charge >= 0.3 is 0 Å². The molecular formula is C14H19NO2S. The number of hydrogen-bond donors (Lipinski definition) is 1. The molecule has 1 aliphatic heterocycles. The van der Waals surface area contributed by atoms with E-state index in [0.29, 0.717) is 13.1 Å². The maximum absolute atomic E-state index is 12.2. The number of nitrogens with zero attached hydrogens (tertiary/aromatic N) is 1. The van der Waals surface area contributed by atoms with Gasteiger partial charge in [-0.05, 0) is 36.8 Å². The molecule has 1 amide bonds. The van der Waals surface area contributed by atoms with Gasteiger partial charge in [-0.15, -0.1) is 11.3 Å². The van der Waals surface area contributed by atoms with Crippen LogP contribution >= 0.6 is 11.3 Å². The van der Waals surface area contributed by atoms with Gasteiger partial charge in [0.05, 0.1) is 11.0 Å². The Morgan fingerprint density at radius 1 is 1.56 bits per heavy atom. The van der Waals surface area contributed by atoms with Crippen LogP contribution in [0.15, 0.2) is 6.07 Å². The van der Waals surface area contributed by atoms with Crippen molar-refractivity contribution in [2.24, 2.45) is 5.92 Å². The van der Waals surface area contributed by atoms with Crippen molar-refractivity contribution in [1.82, 2.24) is 4.90 Å². The second-order valence-electron chi connectivity index (χ2n) is 5.44. The van der Waals surface area contributed by atoms with Crippen molar-refractivity contribution >= 4 is 17.2 Å². The molecule has 2 heterocycles. The fourth-order valence-electron chi connectivity index (χ4n) is 2.83. The smallest absolute Gasteiger partial charge is 0.264 e. The molecule has 1 N–H and O–H groups in total. The lowest BCUT2D eigenvalue weighted by Crippen LogP contribution is -2.53.